The second kappa shape index (κ2) is 7.31. The lowest BCUT2D eigenvalue weighted by Gasteiger charge is -2.26. The third-order valence-corrected chi connectivity index (χ3v) is 5.19. The second-order valence-electron chi connectivity index (χ2n) is 6.17. The molecule has 0 saturated carbocycles. The van der Waals surface area contributed by atoms with Gasteiger partial charge in [0.1, 0.15) is 11.3 Å². The van der Waals surface area contributed by atoms with Crippen LogP contribution >= 0.6 is 15.9 Å². The third kappa shape index (κ3) is 3.71. The maximum Gasteiger partial charge on any atom is 0.318 e. The summed E-state index contributed by atoms with van der Waals surface area (Å²) in [5.74, 6) is 0.771. The SMILES string of the molecule is CC(NC(=O)N(C)C(C)c1cc2ccccc2o1)c1ccccc1Br. The molecule has 1 aromatic heterocycles. The van der Waals surface area contributed by atoms with Crippen LogP contribution in [0.1, 0.15) is 37.3 Å². The summed E-state index contributed by atoms with van der Waals surface area (Å²) in [5, 5.41) is 4.08. The molecule has 3 rings (SSSR count). The molecular formula is C20H21BrN2O2. The Morgan fingerprint density at radius 1 is 1.12 bits per heavy atom. The van der Waals surface area contributed by atoms with Gasteiger partial charge in [0.15, 0.2) is 0 Å². The Balaban J connectivity index is 1.72. The standard InChI is InChI=1S/C20H21BrN2O2/c1-13(16-9-5-6-10-17(16)21)22-20(24)23(3)14(2)19-12-15-8-4-7-11-18(15)25-19/h4-14H,1-3H3,(H,22,24). The monoisotopic (exact) mass is 400 g/mol. The predicted molar refractivity (Wildman–Crippen MR) is 103 cm³/mol. The van der Waals surface area contributed by atoms with Crippen LogP contribution in [0.3, 0.4) is 0 Å². The van der Waals surface area contributed by atoms with Crippen LogP contribution in [0.2, 0.25) is 0 Å². The predicted octanol–water partition coefficient (Wildman–Crippen LogP) is 5.66. The Labute approximate surface area is 155 Å². The quantitative estimate of drug-likeness (QED) is 0.613. The van der Waals surface area contributed by atoms with Gasteiger partial charge in [0.25, 0.3) is 0 Å². The summed E-state index contributed by atoms with van der Waals surface area (Å²) in [6, 6.07) is 17.3. The number of hydrogen-bond acceptors (Lipinski definition) is 2. The van der Waals surface area contributed by atoms with Crippen molar-refractivity contribution in [2.45, 2.75) is 25.9 Å². The van der Waals surface area contributed by atoms with Crippen molar-refractivity contribution in [3.05, 3.63) is 70.4 Å². The fourth-order valence-electron chi connectivity index (χ4n) is 2.77. The molecular weight excluding hydrogens is 380 g/mol. The molecule has 0 saturated heterocycles. The number of carbonyl (C=O) groups is 1. The lowest BCUT2D eigenvalue weighted by Crippen LogP contribution is -2.39. The highest BCUT2D eigenvalue weighted by Gasteiger charge is 2.22. The number of nitrogens with zero attached hydrogens (tertiary/aromatic N) is 1. The first-order valence-electron chi connectivity index (χ1n) is 8.23. The van der Waals surface area contributed by atoms with Gasteiger partial charge in [0.05, 0.1) is 12.1 Å². The lowest BCUT2D eigenvalue weighted by molar-refractivity contribution is 0.185. The number of nitrogens with one attached hydrogen (secondary N) is 1. The normalized spacial score (nSPS) is 13.4. The second-order valence-corrected chi connectivity index (χ2v) is 7.02. The molecule has 2 aromatic carbocycles. The van der Waals surface area contributed by atoms with Gasteiger partial charge in [-0.15, -0.1) is 0 Å². The summed E-state index contributed by atoms with van der Waals surface area (Å²) in [6.45, 7) is 3.93. The molecule has 2 atom stereocenters. The minimum atomic E-state index is -0.168. The highest BCUT2D eigenvalue weighted by Crippen LogP contribution is 2.27. The molecule has 3 aromatic rings. The summed E-state index contributed by atoms with van der Waals surface area (Å²) in [5.41, 5.74) is 1.88. The number of carbonyl (C=O) groups excluding carboxylic acids is 1. The van der Waals surface area contributed by atoms with Crippen molar-refractivity contribution < 1.29 is 9.21 Å². The van der Waals surface area contributed by atoms with Crippen LogP contribution in [0.5, 0.6) is 0 Å². The average molecular weight is 401 g/mol. The van der Waals surface area contributed by atoms with E-state index in [9.17, 15) is 4.79 Å². The van der Waals surface area contributed by atoms with E-state index in [0.29, 0.717) is 0 Å². The Morgan fingerprint density at radius 2 is 1.80 bits per heavy atom. The van der Waals surface area contributed by atoms with E-state index < -0.39 is 0 Å². The molecule has 0 radical (unpaired) electrons. The van der Waals surface area contributed by atoms with Crippen molar-refractivity contribution >= 4 is 32.9 Å². The minimum Gasteiger partial charge on any atom is -0.459 e. The number of amides is 2. The molecule has 1 N–H and O–H groups in total. The fraction of sp³-hybridized carbons (Fsp3) is 0.250. The van der Waals surface area contributed by atoms with Gasteiger partial charge >= 0.3 is 6.03 Å². The van der Waals surface area contributed by atoms with Gasteiger partial charge in [-0.05, 0) is 37.6 Å². The number of furan rings is 1. The van der Waals surface area contributed by atoms with E-state index in [1.54, 1.807) is 11.9 Å². The Kier molecular flexibility index (Phi) is 5.13. The number of hydrogen-bond donors (Lipinski definition) is 1. The first-order chi connectivity index (χ1) is 12.0. The zero-order valence-electron chi connectivity index (χ0n) is 14.5. The van der Waals surface area contributed by atoms with Crippen molar-refractivity contribution in [1.29, 1.82) is 0 Å². The van der Waals surface area contributed by atoms with Crippen LogP contribution in [0.4, 0.5) is 4.79 Å². The van der Waals surface area contributed by atoms with Gasteiger partial charge in [-0.25, -0.2) is 4.79 Å². The van der Waals surface area contributed by atoms with Gasteiger partial charge in [0.2, 0.25) is 0 Å². The molecule has 0 spiro atoms. The van der Waals surface area contributed by atoms with Gasteiger partial charge in [-0.1, -0.05) is 52.3 Å². The van der Waals surface area contributed by atoms with E-state index in [4.69, 9.17) is 4.42 Å². The summed E-state index contributed by atoms with van der Waals surface area (Å²) in [6.07, 6.45) is 0. The minimum absolute atomic E-state index is 0.103. The van der Waals surface area contributed by atoms with Crippen LogP contribution in [0.25, 0.3) is 11.0 Å². The molecule has 0 fully saturated rings. The number of para-hydroxylation sites is 1. The molecule has 4 nitrogen and oxygen atoms in total. The zero-order chi connectivity index (χ0) is 18.0. The van der Waals surface area contributed by atoms with Gasteiger partial charge in [-0.3, -0.25) is 0 Å². The highest BCUT2D eigenvalue weighted by atomic mass is 79.9. The molecule has 2 amide bonds. The number of benzene rings is 2. The average Bonchev–Trinajstić information content (AvgIpc) is 3.04. The van der Waals surface area contributed by atoms with Crippen LogP contribution in [0, 0.1) is 0 Å². The van der Waals surface area contributed by atoms with Crippen LogP contribution in [-0.4, -0.2) is 18.0 Å². The van der Waals surface area contributed by atoms with Crippen LogP contribution in [-0.2, 0) is 0 Å². The topological polar surface area (TPSA) is 45.5 Å². The smallest absolute Gasteiger partial charge is 0.318 e. The number of urea groups is 1. The van der Waals surface area contributed by atoms with E-state index in [2.05, 4.69) is 21.2 Å². The van der Waals surface area contributed by atoms with Crippen LogP contribution in [0.15, 0.2) is 63.5 Å². The van der Waals surface area contributed by atoms with E-state index in [1.165, 1.54) is 0 Å². The van der Waals surface area contributed by atoms with Crippen molar-refractivity contribution in [2.75, 3.05) is 7.05 Å². The molecule has 130 valence electrons. The summed E-state index contributed by atoms with van der Waals surface area (Å²) in [7, 11) is 1.78. The fourth-order valence-corrected chi connectivity index (χ4v) is 3.39. The maximum absolute atomic E-state index is 12.6. The Morgan fingerprint density at radius 3 is 2.52 bits per heavy atom. The molecule has 5 heteroatoms. The van der Waals surface area contributed by atoms with E-state index in [0.717, 1.165) is 26.8 Å². The highest BCUT2D eigenvalue weighted by molar-refractivity contribution is 9.10. The summed E-state index contributed by atoms with van der Waals surface area (Å²) < 4.78 is 6.86. The first kappa shape index (κ1) is 17.5. The molecule has 1 heterocycles. The maximum atomic E-state index is 12.6. The number of fused-ring (bicyclic) bond motifs is 1. The van der Waals surface area contributed by atoms with Crippen molar-refractivity contribution in [3.63, 3.8) is 0 Å². The Hall–Kier alpha value is -2.27. The summed E-state index contributed by atoms with van der Waals surface area (Å²) in [4.78, 5) is 14.3. The molecule has 25 heavy (non-hydrogen) atoms. The van der Waals surface area contributed by atoms with Crippen LogP contribution < -0.4 is 5.32 Å². The third-order valence-electron chi connectivity index (χ3n) is 4.47. The lowest BCUT2D eigenvalue weighted by atomic mass is 10.1. The van der Waals surface area contributed by atoms with Gasteiger partial charge in [0, 0.05) is 16.9 Å². The largest absolute Gasteiger partial charge is 0.459 e. The van der Waals surface area contributed by atoms with E-state index in [1.807, 2.05) is 68.4 Å². The van der Waals surface area contributed by atoms with Gasteiger partial charge in [-0.2, -0.15) is 0 Å². The van der Waals surface area contributed by atoms with E-state index in [-0.39, 0.29) is 18.1 Å². The van der Waals surface area contributed by atoms with Gasteiger partial charge < -0.3 is 14.6 Å². The Bertz CT molecular complexity index is 857. The molecule has 0 aliphatic rings. The molecule has 0 aliphatic heterocycles. The first-order valence-corrected chi connectivity index (χ1v) is 9.03. The van der Waals surface area contributed by atoms with Crippen molar-refractivity contribution in [3.8, 4) is 0 Å². The van der Waals surface area contributed by atoms with Crippen molar-refractivity contribution in [2.24, 2.45) is 0 Å². The number of rotatable bonds is 4. The molecule has 0 bridgehead atoms. The molecule has 0 aliphatic carbocycles. The zero-order valence-corrected chi connectivity index (χ0v) is 16.1. The van der Waals surface area contributed by atoms with Crippen molar-refractivity contribution in [1.82, 2.24) is 10.2 Å². The van der Waals surface area contributed by atoms with E-state index >= 15 is 0 Å². The summed E-state index contributed by atoms with van der Waals surface area (Å²) >= 11 is 3.53. The number of halogens is 1. The molecule has 2 unspecified atom stereocenters.